The molecule has 0 heterocycles. The summed E-state index contributed by atoms with van der Waals surface area (Å²) in [4.78, 5) is 23.6. The number of rotatable bonds is 7. The third-order valence-electron chi connectivity index (χ3n) is 3.51. The highest BCUT2D eigenvalue weighted by atomic mass is 35.5. The quantitative estimate of drug-likeness (QED) is 0.819. The van der Waals surface area contributed by atoms with Crippen molar-refractivity contribution in [3.05, 3.63) is 70.7 Å². The highest BCUT2D eigenvalue weighted by Crippen LogP contribution is 2.14. The first-order valence-electron chi connectivity index (χ1n) is 7.44. The zero-order valence-electron chi connectivity index (χ0n) is 12.7. The first-order chi connectivity index (χ1) is 11.1. The Hall–Kier alpha value is -2.33. The van der Waals surface area contributed by atoms with E-state index in [0.717, 1.165) is 12.0 Å². The van der Waals surface area contributed by atoms with Crippen molar-refractivity contribution >= 4 is 23.4 Å². The third kappa shape index (κ3) is 5.42. The zero-order chi connectivity index (χ0) is 16.7. The molecule has 2 aromatic rings. The van der Waals surface area contributed by atoms with Crippen LogP contribution in [0.2, 0.25) is 5.02 Å². The van der Waals surface area contributed by atoms with Crippen LogP contribution in [0.5, 0.6) is 0 Å². The fourth-order valence-corrected chi connectivity index (χ4v) is 2.43. The van der Waals surface area contributed by atoms with E-state index >= 15 is 0 Å². The predicted octanol–water partition coefficient (Wildman–Crippen LogP) is 3.01. The van der Waals surface area contributed by atoms with E-state index in [-0.39, 0.29) is 5.91 Å². The van der Waals surface area contributed by atoms with E-state index in [9.17, 15) is 9.59 Å². The Labute approximate surface area is 140 Å². The van der Waals surface area contributed by atoms with Crippen LogP contribution in [-0.4, -0.2) is 11.8 Å². The number of hydrogen-bond donors (Lipinski definition) is 2. The van der Waals surface area contributed by atoms with Crippen molar-refractivity contribution in [1.82, 2.24) is 5.32 Å². The molecule has 120 valence electrons. The van der Waals surface area contributed by atoms with Gasteiger partial charge < -0.3 is 11.1 Å². The summed E-state index contributed by atoms with van der Waals surface area (Å²) in [5, 5.41) is 3.39. The molecule has 0 bridgehead atoms. The van der Waals surface area contributed by atoms with Gasteiger partial charge >= 0.3 is 0 Å². The maximum Gasteiger partial charge on any atom is 0.244 e. The Bertz CT molecular complexity index is 656. The lowest BCUT2D eigenvalue weighted by molar-refractivity contribution is -0.127. The van der Waals surface area contributed by atoms with Gasteiger partial charge in [0.05, 0.1) is 0 Å². The summed E-state index contributed by atoms with van der Waals surface area (Å²) in [6.07, 6.45) is 1.80. The summed E-state index contributed by atoms with van der Waals surface area (Å²) in [7, 11) is 0. The van der Waals surface area contributed by atoms with Crippen LogP contribution in [0.25, 0.3) is 0 Å². The normalized spacial score (nSPS) is 11.7. The summed E-state index contributed by atoms with van der Waals surface area (Å²) in [6, 6.07) is 15.7. The van der Waals surface area contributed by atoms with Gasteiger partial charge in [-0.3, -0.25) is 9.59 Å². The Morgan fingerprint density at radius 3 is 2.30 bits per heavy atom. The molecule has 0 aliphatic rings. The number of halogens is 1. The minimum atomic E-state index is -0.792. The number of primary amides is 1. The maximum absolute atomic E-state index is 12.0. The van der Waals surface area contributed by atoms with Gasteiger partial charge in [0.1, 0.15) is 6.04 Å². The average Bonchev–Trinajstić information content (AvgIpc) is 2.55. The standard InChI is InChI=1S/C18H19ClN2O2/c19-15-11-9-13(10-12-15)5-4-8-16(22)21-17(18(20)23)14-6-2-1-3-7-14/h1-3,6-7,9-12,17H,4-5,8H2,(H2,20,23)(H,21,22). The van der Waals surface area contributed by atoms with Crippen molar-refractivity contribution in [1.29, 1.82) is 0 Å². The van der Waals surface area contributed by atoms with Crippen LogP contribution in [-0.2, 0) is 16.0 Å². The largest absolute Gasteiger partial charge is 0.368 e. The second kappa shape index (κ2) is 8.34. The Morgan fingerprint density at radius 1 is 1.04 bits per heavy atom. The van der Waals surface area contributed by atoms with Crippen molar-refractivity contribution in [2.75, 3.05) is 0 Å². The molecule has 2 aromatic carbocycles. The number of carbonyl (C=O) groups excluding carboxylic acids is 2. The maximum atomic E-state index is 12.0. The van der Waals surface area contributed by atoms with E-state index in [1.807, 2.05) is 30.3 Å². The van der Waals surface area contributed by atoms with Gasteiger partial charge in [-0.05, 0) is 36.1 Å². The number of carbonyl (C=O) groups is 2. The van der Waals surface area contributed by atoms with E-state index in [0.29, 0.717) is 23.4 Å². The first kappa shape index (κ1) is 17.0. The summed E-state index contributed by atoms with van der Waals surface area (Å²) >= 11 is 5.83. The number of nitrogens with two attached hydrogens (primary N) is 1. The molecule has 0 spiro atoms. The molecule has 0 saturated heterocycles. The minimum absolute atomic E-state index is 0.188. The molecule has 5 heteroatoms. The highest BCUT2D eigenvalue weighted by Gasteiger charge is 2.19. The lowest BCUT2D eigenvalue weighted by atomic mass is 10.1. The van der Waals surface area contributed by atoms with Crippen LogP contribution >= 0.6 is 11.6 Å². The van der Waals surface area contributed by atoms with Gasteiger partial charge in [0, 0.05) is 11.4 Å². The molecule has 23 heavy (non-hydrogen) atoms. The van der Waals surface area contributed by atoms with Crippen molar-refractivity contribution in [2.24, 2.45) is 5.73 Å². The molecule has 0 aromatic heterocycles. The number of hydrogen-bond acceptors (Lipinski definition) is 2. The molecule has 2 rings (SSSR count). The summed E-state index contributed by atoms with van der Waals surface area (Å²) < 4.78 is 0. The molecule has 3 N–H and O–H groups in total. The molecule has 1 unspecified atom stereocenters. The number of benzene rings is 2. The van der Waals surface area contributed by atoms with E-state index < -0.39 is 11.9 Å². The predicted molar refractivity (Wildman–Crippen MR) is 90.9 cm³/mol. The second-order valence-corrected chi connectivity index (χ2v) is 5.73. The Kier molecular flexibility index (Phi) is 6.18. The fraction of sp³-hybridized carbons (Fsp3) is 0.222. The molecule has 0 radical (unpaired) electrons. The molecule has 2 amide bonds. The Balaban J connectivity index is 1.85. The van der Waals surface area contributed by atoms with Crippen LogP contribution in [0.4, 0.5) is 0 Å². The topological polar surface area (TPSA) is 72.2 Å². The van der Waals surface area contributed by atoms with Gasteiger partial charge in [0.25, 0.3) is 0 Å². The summed E-state index contributed by atoms with van der Waals surface area (Å²) in [6.45, 7) is 0. The number of aryl methyl sites for hydroxylation is 1. The number of nitrogens with one attached hydrogen (secondary N) is 1. The molecule has 4 nitrogen and oxygen atoms in total. The van der Waals surface area contributed by atoms with Crippen molar-refractivity contribution in [3.8, 4) is 0 Å². The van der Waals surface area contributed by atoms with E-state index in [4.69, 9.17) is 17.3 Å². The van der Waals surface area contributed by atoms with Gasteiger partial charge in [-0.25, -0.2) is 0 Å². The van der Waals surface area contributed by atoms with Crippen LogP contribution in [0.3, 0.4) is 0 Å². The zero-order valence-corrected chi connectivity index (χ0v) is 13.4. The SMILES string of the molecule is NC(=O)C(NC(=O)CCCc1ccc(Cl)cc1)c1ccccc1. The van der Waals surface area contributed by atoms with Crippen LogP contribution < -0.4 is 11.1 Å². The molecule has 0 aliphatic carbocycles. The third-order valence-corrected chi connectivity index (χ3v) is 3.76. The van der Waals surface area contributed by atoms with Crippen LogP contribution in [0, 0.1) is 0 Å². The molecular weight excluding hydrogens is 312 g/mol. The molecule has 0 fully saturated rings. The molecule has 1 atom stereocenters. The van der Waals surface area contributed by atoms with E-state index in [1.54, 1.807) is 24.3 Å². The Morgan fingerprint density at radius 2 is 1.70 bits per heavy atom. The molecule has 0 saturated carbocycles. The fourth-order valence-electron chi connectivity index (χ4n) is 2.30. The molecule has 0 aliphatic heterocycles. The molecular formula is C18H19ClN2O2. The summed E-state index contributed by atoms with van der Waals surface area (Å²) in [5.74, 6) is -0.756. The average molecular weight is 331 g/mol. The smallest absolute Gasteiger partial charge is 0.244 e. The van der Waals surface area contributed by atoms with Gasteiger partial charge in [0.2, 0.25) is 11.8 Å². The van der Waals surface area contributed by atoms with Gasteiger partial charge in [-0.1, -0.05) is 54.1 Å². The van der Waals surface area contributed by atoms with E-state index in [1.165, 1.54) is 0 Å². The lowest BCUT2D eigenvalue weighted by Gasteiger charge is -2.15. The van der Waals surface area contributed by atoms with Gasteiger partial charge in [0.15, 0.2) is 0 Å². The van der Waals surface area contributed by atoms with Crippen molar-refractivity contribution < 1.29 is 9.59 Å². The first-order valence-corrected chi connectivity index (χ1v) is 7.82. The minimum Gasteiger partial charge on any atom is -0.368 e. The van der Waals surface area contributed by atoms with Gasteiger partial charge in [-0.15, -0.1) is 0 Å². The van der Waals surface area contributed by atoms with E-state index in [2.05, 4.69) is 5.32 Å². The highest BCUT2D eigenvalue weighted by molar-refractivity contribution is 6.30. The lowest BCUT2D eigenvalue weighted by Crippen LogP contribution is -2.37. The summed E-state index contributed by atoms with van der Waals surface area (Å²) in [5.41, 5.74) is 7.19. The second-order valence-electron chi connectivity index (χ2n) is 5.29. The monoisotopic (exact) mass is 330 g/mol. The van der Waals surface area contributed by atoms with Crippen molar-refractivity contribution in [2.45, 2.75) is 25.3 Å². The van der Waals surface area contributed by atoms with Crippen LogP contribution in [0.1, 0.15) is 30.0 Å². The van der Waals surface area contributed by atoms with Gasteiger partial charge in [-0.2, -0.15) is 0 Å². The van der Waals surface area contributed by atoms with Crippen molar-refractivity contribution in [3.63, 3.8) is 0 Å². The number of amides is 2. The van der Waals surface area contributed by atoms with Crippen LogP contribution in [0.15, 0.2) is 54.6 Å².